The van der Waals surface area contributed by atoms with E-state index in [1.54, 1.807) is 0 Å². The highest BCUT2D eigenvalue weighted by Crippen LogP contribution is 2.30. The summed E-state index contributed by atoms with van der Waals surface area (Å²) in [5.41, 5.74) is 7.94. The van der Waals surface area contributed by atoms with Crippen LogP contribution < -0.4 is 10.5 Å². The highest BCUT2D eigenvalue weighted by atomic mass is 16.5. The first kappa shape index (κ1) is 14.8. The lowest BCUT2D eigenvalue weighted by Gasteiger charge is -2.29. The van der Waals surface area contributed by atoms with Gasteiger partial charge < -0.3 is 10.5 Å². The first-order chi connectivity index (χ1) is 9.52. The monoisotopic (exact) mass is 276 g/mol. The minimum absolute atomic E-state index is 0.00153. The number of aromatic nitrogens is 2. The number of nitrogens with zero attached hydrogens (tertiary/aromatic N) is 2. The SMILES string of the molecule is CCC1CCCC(Oc2nnc(C)c(C)c2C(=N)N)C1. The molecule has 0 saturated heterocycles. The van der Waals surface area contributed by atoms with Gasteiger partial charge in [0.1, 0.15) is 11.9 Å². The number of aryl methyl sites for hydroxylation is 1. The summed E-state index contributed by atoms with van der Waals surface area (Å²) in [6.45, 7) is 6.00. The molecule has 0 amide bonds. The van der Waals surface area contributed by atoms with Gasteiger partial charge in [-0.1, -0.05) is 19.8 Å². The first-order valence-electron chi connectivity index (χ1n) is 7.37. The van der Waals surface area contributed by atoms with Gasteiger partial charge in [0.05, 0.1) is 11.3 Å². The molecule has 5 nitrogen and oxygen atoms in total. The summed E-state index contributed by atoms with van der Waals surface area (Å²) in [5, 5.41) is 15.9. The zero-order chi connectivity index (χ0) is 14.7. The van der Waals surface area contributed by atoms with Gasteiger partial charge in [-0.2, -0.15) is 5.10 Å². The van der Waals surface area contributed by atoms with Gasteiger partial charge in [0.25, 0.3) is 0 Å². The second kappa shape index (κ2) is 6.20. The average Bonchev–Trinajstić information content (AvgIpc) is 2.43. The normalized spacial score (nSPS) is 22.6. The van der Waals surface area contributed by atoms with E-state index < -0.39 is 0 Å². The number of amidine groups is 1. The van der Waals surface area contributed by atoms with E-state index in [0.717, 1.165) is 30.0 Å². The van der Waals surface area contributed by atoms with Crippen molar-refractivity contribution in [2.45, 2.75) is 59.0 Å². The van der Waals surface area contributed by atoms with E-state index in [4.69, 9.17) is 15.9 Å². The smallest absolute Gasteiger partial charge is 0.245 e. The van der Waals surface area contributed by atoms with Gasteiger partial charge in [-0.3, -0.25) is 5.41 Å². The predicted octanol–water partition coefficient (Wildman–Crippen LogP) is 2.73. The van der Waals surface area contributed by atoms with Crippen molar-refractivity contribution in [3.8, 4) is 5.88 Å². The molecule has 1 aromatic heterocycles. The number of nitrogens with one attached hydrogen (secondary N) is 1. The van der Waals surface area contributed by atoms with Crippen LogP contribution in [0.1, 0.15) is 55.8 Å². The van der Waals surface area contributed by atoms with E-state index >= 15 is 0 Å². The number of hydrogen-bond acceptors (Lipinski definition) is 4. The van der Waals surface area contributed by atoms with Gasteiger partial charge in [-0.05, 0) is 44.6 Å². The lowest BCUT2D eigenvalue weighted by molar-refractivity contribution is 0.115. The third kappa shape index (κ3) is 3.08. The summed E-state index contributed by atoms with van der Waals surface area (Å²) < 4.78 is 6.02. The highest BCUT2D eigenvalue weighted by Gasteiger charge is 2.24. The Bertz CT molecular complexity index is 501. The van der Waals surface area contributed by atoms with Crippen LogP contribution in [0, 0.1) is 25.2 Å². The van der Waals surface area contributed by atoms with Crippen LogP contribution in [-0.4, -0.2) is 22.1 Å². The second-order valence-corrected chi connectivity index (χ2v) is 5.68. The second-order valence-electron chi connectivity index (χ2n) is 5.68. The standard InChI is InChI=1S/C15H24N4O/c1-4-11-6-5-7-12(8-11)20-15-13(14(16)17)9(2)10(3)18-19-15/h11-12H,4-8H2,1-3H3,(H3,16,17). The molecule has 2 rings (SSSR count). The Morgan fingerprint density at radius 2 is 2.10 bits per heavy atom. The zero-order valence-corrected chi connectivity index (χ0v) is 12.6. The van der Waals surface area contributed by atoms with Crippen molar-refractivity contribution in [2.75, 3.05) is 0 Å². The number of nitrogen functional groups attached to an aromatic ring is 1. The predicted molar refractivity (Wildman–Crippen MR) is 79.2 cm³/mol. The fourth-order valence-corrected chi connectivity index (χ4v) is 2.86. The quantitative estimate of drug-likeness (QED) is 0.654. The van der Waals surface area contributed by atoms with E-state index in [1.807, 2.05) is 13.8 Å². The van der Waals surface area contributed by atoms with E-state index in [0.29, 0.717) is 11.4 Å². The van der Waals surface area contributed by atoms with Crippen molar-refractivity contribution >= 4 is 5.84 Å². The Kier molecular flexibility index (Phi) is 4.57. The maximum Gasteiger partial charge on any atom is 0.245 e. The summed E-state index contributed by atoms with van der Waals surface area (Å²) in [7, 11) is 0. The summed E-state index contributed by atoms with van der Waals surface area (Å²) in [5.74, 6) is 1.15. The third-order valence-electron chi connectivity index (χ3n) is 4.28. The number of rotatable bonds is 4. The van der Waals surface area contributed by atoms with E-state index in [9.17, 15) is 0 Å². The van der Waals surface area contributed by atoms with Crippen LogP contribution in [-0.2, 0) is 0 Å². The Hall–Kier alpha value is -1.65. The summed E-state index contributed by atoms with van der Waals surface area (Å²) in [4.78, 5) is 0. The molecule has 1 aliphatic carbocycles. The Morgan fingerprint density at radius 1 is 1.35 bits per heavy atom. The molecule has 1 heterocycles. The fraction of sp³-hybridized carbons (Fsp3) is 0.667. The average molecular weight is 276 g/mol. The van der Waals surface area contributed by atoms with Crippen molar-refractivity contribution in [1.29, 1.82) is 5.41 Å². The molecule has 5 heteroatoms. The lowest BCUT2D eigenvalue weighted by Crippen LogP contribution is -2.27. The molecule has 110 valence electrons. The first-order valence-corrected chi connectivity index (χ1v) is 7.37. The summed E-state index contributed by atoms with van der Waals surface area (Å²) >= 11 is 0. The minimum atomic E-state index is -0.00153. The van der Waals surface area contributed by atoms with Gasteiger partial charge in [0.2, 0.25) is 5.88 Å². The van der Waals surface area contributed by atoms with Gasteiger partial charge in [0, 0.05) is 0 Å². The Morgan fingerprint density at radius 3 is 2.75 bits per heavy atom. The molecule has 1 saturated carbocycles. The van der Waals surface area contributed by atoms with Gasteiger partial charge >= 0.3 is 0 Å². The lowest BCUT2D eigenvalue weighted by atomic mass is 9.85. The van der Waals surface area contributed by atoms with E-state index in [2.05, 4.69) is 17.1 Å². The molecule has 20 heavy (non-hydrogen) atoms. The molecule has 3 N–H and O–H groups in total. The van der Waals surface area contributed by atoms with Crippen molar-refractivity contribution in [3.63, 3.8) is 0 Å². The molecule has 1 aromatic rings. The molecule has 2 atom stereocenters. The topological polar surface area (TPSA) is 84.9 Å². The van der Waals surface area contributed by atoms with Crippen molar-refractivity contribution in [3.05, 3.63) is 16.8 Å². The molecule has 0 bridgehead atoms. The summed E-state index contributed by atoms with van der Waals surface area (Å²) in [6, 6.07) is 0. The van der Waals surface area contributed by atoms with Crippen LogP contribution in [0.25, 0.3) is 0 Å². The number of ether oxygens (including phenoxy) is 1. The van der Waals surface area contributed by atoms with E-state index in [-0.39, 0.29) is 11.9 Å². The van der Waals surface area contributed by atoms with Crippen molar-refractivity contribution < 1.29 is 4.74 Å². The molecule has 1 fully saturated rings. The molecule has 0 radical (unpaired) electrons. The van der Waals surface area contributed by atoms with Gasteiger partial charge in [-0.15, -0.1) is 5.10 Å². The zero-order valence-electron chi connectivity index (χ0n) is 12.6. The largest absolute Gasteiger partial charge is 0.473 e. The molecule has 1 aliphatic rings. The third-order valence-corrected chi connectivity index (χ3v) is 4.28. The molecule has 0 aliphatic heterocycles. The van der Waals surface area contributed by atoms with E-state index in [1.165, 1.54) is 19.3 Å². The number of nitrogens with two attached hydrogens (primary N) is 1. The van der Waals surface area contributed by atoms with Crippen LogP contribution in [0.4, 0.5) is 0 Å². The maximum absolute atomic E-state index is 7.74. The van der Waals surface area contributed by atoms with Crippen LogP contribution in [0.5, 0.6) is 5.88 Å². The summed E-state index contributed by atoms with van der Waals surface area (Å²) in [6.07, 6.45) is 5.94. The van der Waals surface area contributed by atoms with Gasteiger partial charge in [0.15, 0.2) is 0 Å². The van der Waals surface area contributed by atoms with Crippen LogP contribution in [0.15, 0.2) is 0 Å². The van der Waals surface area contributed by atoms with Gasteiger partial charge in [-0.25, -0.2) is 0 Å². The van der Waals surface area contributed by atoms with Crippen molar-refractivity contribution in [1.82, 2.24) is 10.2 Å². The fourth-order valence-electron chi connectivity index (χ4n) is 2.86. The maximum atomic E-state index is 7.74. The Balaban J connectivity index is 2.21. The molecular formula is C15H24N4O. The number of hydrogen-bond donors (Lipinski definition) is 2. The van der Waals surface area contributed by atoms with Crippen LogP contribution in [0.3, 0.4) is 0 Å². The molecule has 0 spiro atoms. The molecular weight excluding hydrogens is 252 g/mol. The van der Waals surface area contributed by atoms with Crippen molar-refractivity contribution in [2.24, 2.45) is 11.7 Å². The highest BCUT2D eigenvalue weighted by molar-refractivity contribution is 5.98. The van der Waals surface area contributed by atoms with Crippen LogP contribution in [0.2, 0.25) is 0 Å². The van der Waals surface area contributed by atoms with Crippen LogP contribution >= 0.6 is 0 Å². The Labute approximate surface area is 120 Å². The minimum Gasteiger partial charge on any atom is -0.473 e. The molecule has 2 unspecified atom stereocenters. The molecule has 0 aromatic carbocycles.